The van der Waals surface area contributed by atoms with Crippen LogP contribution >= 0.6 is 0 Å². The largest absolute Gasteiger partial charge is 0.371 e. The minimum Gasteiger partial charge on any atom is -0.371 e. The summed E-state index contributed by atoms with van der Waals surface area (Å²) in [6.07, 6.45) is 2.20. The minimum atomic E-state index is -0.870. The fourth-order valence-electron chi connectivity index (χ4n) is 3.84. The highest BCUT2D eigenvalue weighted by atomic mass is 19.1. The minimum absolute atomic E-state index is 0.0958. The second-order valence-corrected chi connectivity index (χ2v) is 8.29. The van der Waals surface area contributed by atoms with Crippen molar-refractivity contribution in [2.24, 2.45) is 0 Å². The number of rotatable bonds is 8. The van der Waals surface area contributed by atoms with E-state index in [9.17, 15) is 18.4 Å². The van der Waals surface area contributed by atoms with E-state index in [1.54, 1.807) is 0 Å². The van der Waals surface area contributed by atoms with Crippen molar-refractivity contribution >= 4 is 17.5 Å². The van der Waals surface area contributed by atoms with E-state index in [0.29, 0.717) is 44.1 Å². The highest BCUT2D eigenvalue weighted by molar-refractivity contribution is 5.99. The van der Waals surface area contributed by atoms with E-state index in [4.69, 9.17) is 0 Å². The summed E-state index contributed by atoms with van der Waals surface area (Å²) < 4.78 is 26.9. The first-order chi connectivity index (χ1) is 15.3. The molecule has 0 radical (unpaired) electrons. The number of carbonyl (C=O) groups excluding carboxylic acids is 2. The lowest BCUT2D eigenvalue weighted by atomic mass is 10.0. The molecule has 1 heterocycles. The second-order valence-electron chi connectivity index (χ2n) is 8.29. The molecule has 2 amide bonds. The summed E-state index contributed by atoms with van der Waals surface area (Å²) in [6.45, 7) is 2.83. The zero-order valence-electron chi connectivity index (χ0n) is 18.5. The van der Waals surface area contributed by atoms with Crippen molar-refractivity contribution in [2.45, 2.75) is 25.3 Å². The molecule has 2 aromatic carbocycles. The van der Waals surface area contributed by atoms with Crippen LogP contribution in [0.4, 0.5) is 14.5 Å². The predicted octanol–water partition coefficient (Wildman–Crippen LogP) is 3.05. The van der Waals surface area contributed by atoms with Crippen molar-refractivity contribution in [3.05, 3.63) is 65.2 Å². The van der Waals surface area contributed by atoms with Crippen LogP contribution in [0.3, 0.4) is 0 Å². The van der Waals surface area contributed by atoms with Crippen molar-refractivity contribution in [2.75, 3.05) is 45.2 Å². The van der Waals surface area contributed by atoms with Crippen molar-refractivity contribution in [1.29, 1.82) is 0 Å². The number of nitrogens with zero attached hydrogens (tertiary/aromatic N) is 2. The summed E-state index contributed by atoms with van der Waals surface area (Å²) in [6, 6.07) is 10.3. The molecule has 2 N–H and O–H groups in total. The van der Waals surface area contributed by atoms with Gasteiger partial charge in [-0.05, 0) is 64.2 Å². The van der Waals surface area contributed by atoms with Crippen LogP contribution in [0.25, 0.3) is 0 Å². The van der Waals surface area contributed by atoms with Gasteiger partial charge >= 0.3 is 0 Å². The lowest BCUT2D eigenvalue weighted by Gasteiger charge is -2.35. The van der Waals surface area contributed by atoms with E-state index in [0.717, 1.165) is 30.8 Å². The molecule has 6 nitrogen and oxygen atoms in total. The molecule has 32 heavy (non-hydrogen) atoms. The van der Waals surface area contributed by atoms with Gasteiger partial charge in [-0.25, -0.2) is 8.78 Å². The third kappa shape index (κ3) is 6.26. The monoisotopic (exact) mass is 444 g/mol. The Labute approximate surface area is 187 Å². The Bertz CT molecular complexity index is 943. The highest BCUT2D eigenvalue weighted by Crippen LogP contribution is 2.24. The smallest absolute Gasteiger partial charge is 0.254 e. The van der Waals surface area contributed by atoms with Gasteiger partial charge in [0.05, 0.1) is 11.1 Å². The molecule has 1 saturated heterocycles. The van der Waals surface area contributed by atoms with Gasteiger partial charge in [-0.2, -0.15) is 0 Å². The Morgan fingerprint density at radius 1 is 1.03 bits per heavy atom. The van der Waals surface area contributed by atoms with Crippen molar-refractivity contribution < 1.29 is 18.4 Å². The number of halogens is 2. The van der Waals surface area contributed by atoms with E-state index in [1.165, 1.54) is 0 Å². The van der Waals surface area contributed by atoms with Gasteiger partial charge in [-0.3, -0.25) is 9.59 Å². The Kier molecular flexibility index (Phi) is 8.16. The van der Waals surface area contributed by atoms with Crippen LogP contribution < -0.4 is 15.5 Å². The zero-order chi connectivity index (χ0) is 23.1. The molecule has 0 aliphatic carbocycles. The molecule has 8 heteroatoms. The van der Waals surface area contributed by atoms with Gasteiger partial charge < -0.3 is 20.4 Å². The molecule has 0 atom stereocenters. The first kappa shape index (κ1) is 23.7. The molecular weight excluding hydrogens is 414 g/mol. The average molecular weight is 445 g/mol. The first-order valence-electron chi connectivity index (χ1n) is 10.9. The summed E-state index contributed by atoms with van der Waals surface area (Å²) in [5, 5.41) is 5.82. The quantitative estimate of drug-likeness (QED) is 0.615. The molecule has 0 aromatic heterocycles. The number of nitrogens with one attached hydrogen (secondary N) is 2. The van der Waals surface area contributed by atoms with Gasteiger partial charge in [0.15, 0.2) is 0 Å². The SMILES string of the molecule is CN(C)CCCNC(=O)c1ccccc1N1CCC(NC(=O)c2ccc(F)cc2F)CC1. The summed E-state index contributed by atoms with van der Waals surface area (Å²) >= 11 is 0. The van der Waals surface area contributed by atoms with E-state index in [1.807, 2.05) is 38.4 Å². The van der Waals surface area contributed by atoms with Crippen LogP contribution in [0.2, 0.25) is 0 Å². The fourth-order valence-corrected chi connectivity index (χ4v) is 3.84. The Morgan fingerprint density at radius 2 is 1.75 bits per heavy atom. The Hall–Kier alpha value is -3.00. The van der Waals surface area contributed by atoms with E-state index in [-0.39, 0.29) is 17.5 Å². The number of para-hydroxylation sites is 1. The molecule has 1 aliphatic rings. The number of carbonyl (C=O) groups is 2. The lowest BCUT2D eigenvalue weighted by molar-refractivity contribution is 0.0925. The second kappa shape index (κ2) is 11.0. The normalized spacial score (nSPS) is 14.5. The van der Waals surface area contributed by atoms with E-state index >= 15 is 0 Å². The molecule has 0 bridgehead atoms. The van der Waals surface area contributed by atoms with E-state index in [2.05, 4.69) is 20.4 Å². The van der Waals surface area contributed by atoms with Crippen LogP contribution in [-0.4, -0.2) is 63.0 Å². The molecule has 172 valence electrons. The third-order valence-corrected chi connectivity index (χ3v) is 5.56. The number of amides is 2. The maximum absolute atomic E-state index is 13.9. The standard InChI is InChI=1S/C24H30F2N4O2/c1-29(2)13-5-12-27-23(31)20-6-3-4-7-22(20)30-14-10-18(11-15-30)28-24(32)19-9-8-17(25)16-21(19)26/h3-4,6-9,16,18H,5,10-15H2,1-2H3,(H,27,31)(H,28,32). The number of benzene rings is 2. The maximum atomic E-state index is 13.9. The fraction of sp³-hybridized carbons (Fsp3) is 0.417. The predicted molar refractivity (Wildman–Crippen MR) is 121 cm³/mol. The summed E-state index contributed by atoms with van der Waals surface area (Å²) in [4.78, 5) is 29.3. The number of hydrogen-bond acceptors (Lipinski definition) is 4. The zero-order valence-corrected chi connectivity index (χ0v) is 18.5. The summed E-state index contributed by atoms with van der Waals surface area (Å²) in [7, 11) is 4.00. The van der Waals surface area contributed by atoms with Crippen LogP contribution in [0.1, 0.15) is 40.0 Å². The number of anilines is 1. The summed E-state index contributed by atoms with van der Waals surface area (Å²) in [5.41, 5.74) is 1.34. The Balaban J connectivity index is 1.56. The Morgan fingerprint density at radius 3 is 2.44 bits per heavy atom. The molecule has 1 fully saturated rings. The highest BCUT2D eigenvalue weighted by Gasteiger charge is 2.25. The average Bonchev–Trinajstić information content (AvgIpc) is 2.77. The molecular formula is C24H30F2N4O2. The van der Waals surface area contributed by atoms with Crippen LogP contribution in [0, 0.1) is 11.6 Å². The number of piperidine rings is 1. The summed E-state index contributed by atoms with van der Waals surface area (Å²) in [5.74, 6) is -2.22. The molecule has 0 unspecified atom stereocenters. The maximum Gasteiger partial charge on any atom is 0.254 e. The molecule has 2 aromatic rings. The first-order valence-corrected chi connectivity index (χ1v) is 10.9. The third-order valence-electron chi connectivity index (χ3n) is 5.56. The van der Waals surface area contributed by atoms with Crippen LogP contribution in [-0.2, 0) is 0 Å². The van der Waals surface area contributed by atoms with Gasteiger partial charge in [0.1, 0.15) is 11.6 Å². The van der Waals surface area contributed by atoms with Gasteiger partial charge in [0.25, 0.3) is 11.8 Å². The van der Waals surface area contributed by atoms with Gasteiger partial charge in [0.2, 0.25) is 0 Å². The molecule has 0 saturated carbocycles. The van der Waals surface area contributed by atoms with Gasteiger partial charge in [0, 0.05) is 37.4 Å². The molecule has 3 rings (SSSR count). The van der Waals surface area contributed by atoms with Crippen LogP contribution in [0.5, 0.6) is 0 Å². The van der Waals surface area contributed by atoms with Gasteiger partial charge in [-0.1, -0.05) is 12.1 Å². The van der Waals surface area contributed by atoms with Crippen molar-refractivity contribution in [3.63, 3.8) is 0 Å². The molecule has 0 spiro atoms. The van der Waals surface area contributed by atoms with Crippen molar-refractivity contribution in [1.82, 2.24) is 15.5 Å². The van der Waals surface area contributed by atoms with Crippen LogP contribution in [0.15, 0.2) is 42.5 Å². The number of hydrogen-bond donors (Lipinski definition) is 2. The molecule has 1 aliphatic heterocycles. The topological polar surface area (TPSA) is 64.7 Å². The lowest BCUT2D eigenvalue weighted by Crippen LogP contribution is -2.45. The van der Waals surface area contributed by atoms with E-state index < -0.39 is 17.5 Å². The van der Waals surface area contributed by atoms with Crippen molar-refractivity contribution in [3.8, 4) is 0 Å². The van der Waals surface area contributed by atoms with Gasteiger partial charge in [-0.15, -0.1) is 0 Å².